The molecule has 8 heteroatoms. The van der Waals surface area contributed by atoms with Crippen LogP contribution in [0.3, 0.4) is 0 Å². The van der Waals surface area contributed by atoms with Crippen molar-refractivity contribution in [3.8, 4) is 0 Å². The molecule has 2 N–H and O–H groups in total. The van der Waals surface area contributed by atoms with Gasteiger partial charge in [0.2, 0.25) is 15.9 Å². The summed E-state index contributed by atoms with van der Waals surface area (Å²) >= 11 is 0. The molecule has 1 aliphatic rings. The molecule has 1 fully saturated rings. The molecule has 0 aromatic heterocycles. The summed E-state index contributed by atoms with van der Waals surface area (Å²) in [5.74, 6) is 0.183. The summed E-state index contributed by atoms with van der Waals surface area (Å²) in [6.45, 7) is 4.41. The number of nitrogens with one attached hydrogen (secondary N) is 2. The second-order valence-corrected chi connectivity index (χ2v) is 8.00. The van der Waals surface area contributed by atoms with E-state index in [-0.39, 0.29) is 29.1 Å². The highest BCUT2D eigenvalue weighted by Crippen LogP contribution is 2.20. The number of sulfonamides is 1. The summed E-state index contributed by atoms with van der Waals surface area (Å²) in [5, 5.41) is 6.10. The number of carbonyl (C=O) groups excluding carboxylic acids is 1. The van der Waals surface area contributed by atoms with Crippen LogP contribution in [0.5, 0.6) is 0 Å². The zero-order chi connectivity index (χ0) is 16.3. The minimum Gasteiger partial charge on any atom is -0.355 e. The van der Waals surface area contributed by atoms with E-state index in [1.807, 2.05) is 6.92 Å². The van der Waals surface area contributed by atoms with Crippen LogP contribution in [0.2, 0.25) is 0 Å². The number of rotatable bonds is 6. The third-order valence-electron chi connectivity index (χ3n) is 3.98. The van der Waals surface area contributed by atoms with E-state index in [0.717, 1.165) is 18.7 Å². The van der Waals surface area contributed by atoms with Crippen molar-refractivity contribution in [3.05, 3.63) is 29.8 Å². The Morgan fingerprint density at radius 2 is 1.87 bits per heavy atom. The quantitative estimate of drug-likeness (QED) is 0.785. The lowest BCUT2D eigenvalue weighted by molar-refractivity contribution is -0.122. The lowest BCUT2D eigenvalue weighted by Crippen LogP contribution is -2.48. The maximum absolute atomic E-state index is 12.1. The second kappa shape index (κ2) is 8.10. The number of hydrogen-bond donors (Lipinski definition) is 2. The number of halogens is 1. The van der Waals surface area contributed by atoms with Crippen LogP contribution in [0.15, 0.2) is 29.2 Å². The first-order valence-corrected chi connectivity index (χ1v) is 8.77. The zero-order valence-corrected chi connectivity index (χ0v) is 15.2. The van der Waals surface area contributed by atoms with Gasteiger partial charge in [0.15, 0.2) is 0 Å². The van der Waals surface area contributed by atoms with Crippen LogP contribution >= 0.6 is 12.4 Å². The van der Waals surface area contributed by atoms with Gasteiger partial charge in [-0.3, -0.25) is 4.79 Å². The third-order valence-corrected chi connectivity index (χ3v) is 5.81. The molecule has 0 saturated carbocycles. The smallest absolute Gasteiger partial charge is 0.242 e. The van der Waals surface area contributed by atoms with E-state index in [0.29, 0.717) is 12.5 Å². The van der Waals surface area contributed by atoms with Gasteiger partial charge in [-0.25, -0.2) is 12.7 Å². The minimum absolute atomic E-state index is 0. The molecule has 1 aromatic rings. The van der Waals surface area contributed by atoms with E-state index >= 15 is 0 Å². The molecule has 1 aliphatic heterocycles. The van der Waals surface area contributed by atoms with Gasteiger partial charge in [0.25, 0.3) is 0 Å². The van der Waals surface area contributed by atoms with Crippen LogP contribution in [-0.2, 0) is 14.8 Å². The molecule has 0 bridgehead atoms. The van der Waals surface area contributed by atoms with Crippen LogP contribution in [0.4, 0.5) is 0 Å². The monoisotopic (exact) mass is 361 g/mol. The Balaban J connectivity index is 0.00000264. The van der Waals surface area contributed by atoms with Crippen LogP contribution < -0.4 is 10.6 Å². The highest BCUT2D eigenvalue weighted by Gasteiger charge is 2.21. The van der Waals surface area contributed by atoms with E-state index in [4.69, 9.17) is 0 Å². The normalized spacial score (nSPS) is 16.3. The fourth-order valence-electron chi connectivity index (χ4n) is 2.18. The first-order valence-electron chi connectivity index (χ1n) is 7.33. The van der Waals surface area contributed by atoms with E-state index in [9.17, 15) is 13.2 Å². The highest BCUT2D eigenvalue weighted by atomic mass is 35.5. The van der Waals surface area contributed by atoms with Gasteiger partial charge in [-0.05, 0) is 24.6 Å². The molecule has 1 heterocycles. The fourth-order valence-corrected chi connectivity index (χ4v) is 3.08. The van der Waals surface area contributed by atoms with Crippen molar-refractivity contribution < 1.29 is 13.2 Å². The topological polar surface area (TPSA) is 78.5 Å². The van der Waals surface area contributed by atoms with Crippen molar-refractivity contribution in [1.29, 1.82) is 0 Å². The Hall–Kier alpha value is -1.15. The van der Waals surface area contributed by atoms with Crippen LogP contribution in [0.25, 0.3) is 0 Å². The molecule has 6 nitrogen and oxygen atoms in total. The summed E-state index contributed by atoms with van der Waals surface area (Å²) in [6, 6.07) is 6.49. The average molecular weight is 362 g/mol. The van der Waals surface area contributed by atoms with E-state index in [1.54, 1.807) is 24.3 Å². The maximum Gasteiger partial charge on any atom is 0.242 e. The molecule has 2 rings (SSSR count). The van der Waals surface area contributed by atoms with E-state index in [2.05, 4.69) is 10.6 Å². The SMILES string of the molecule is CC(C(=O)NCC1CNC1)c1ccc(S(=O)(=O)N(C)C)cc1.Cl. The molecule has 1 aromatic carbocycles. The Labute approximate surface area is 144 Å². The van der Waals surface area contributed by atoms with Crippen molar-refractivity contribution in [2.24, 2.45) is 5.92 Å². The fraction of sp³-hybridized carbons (Fsp3) is 0.533. The van der Waals surface area contributed by atoms with Crippen molar-refractivity contribution in [2.75, 3.05) is 33.7 Å². The molecule has 1 amide bonds. The van der Waals surface area contributed by atoms with Gasteiger partial charge in [-0.15, -0.1) is 12.4 Å². The van der Waals surface area contributed by atoms with Gasteiger partial charge in [0.1, 0.15) is 0 Å². The Morgan fingerprint density at radius 1 is 1.30 bits per heavy atom. The first kappa shape index (κ1) is 19.9. The largest absolute Gasteiger partial charge is 0.355 e. The lowest BCUT2D eigenvalue weighted by atomic mass is 9.99. The molecule has 23 heavy (non-hydrogen) atoms. The first-order chi connectivity index (χ1) is 10.3. The molecule has 0 radical (unpaired) electrons. The molecule has 0 aliphatic carbocycles. The lowest BCUT2D eigenvalue weighted by Gasteiger charge is -2.27. The van der Waals surface area contributed by atoms with Gasteiger partial charge in [0.05, 0.1) is 10.8 Å². The predicted molar refractivity (Wildman–Crippen MR) is 92.3 cm³/mol. The number of carbonyl (C=O) groups is 1. The average Bonchev–Trinajstić information content (AvgIpc) is 2.44. The van der Waals surface area contributed by atoms with E-state index in [1.165, 1.54) is 18.4 Å². The summed E-state index contributed by atoms with van der Waals surface area (Å²) < 4.78 is 25.2. The summed E-state index contributed by atoms with van der Waals surface area (Å²) in [6.07, 6.45) is 0. The number of amides is 1. The van der Waals surface area contributed by atoms with Crippen molar-refractivity contribution in [1.82, 2.24) is 14.9 Å². The Kier molecular flexibility index (Phi) is 7.01. The van der Waals surface area contributed by atoms with Crippen molar-refractivity contribution in [3.63, 3.8) is 0 Å². The molecule has 0 spiro atoms. The number of hydrogen-bond acceptors (Lipinski definition) is 4. The van der Waals surface area contributed by atoms with E-state index < -0.39 is 10.0 Å². The maximum atomic E-state index is 12.1. The van der Waals surface area contributed by atoms with Crippen LogP contribution in [-0.4, -0.2) is 52.4 Å². The van der Waals surface area contributed by atoms with Gasteiger partial charge >= 0.3 is 0 Å². The molecular formula is C15H24ClN3O3S. The number of nitrogens with zero attached hydrogens (tertiary/aromatic N) is 1. The third kappa shape index (κ3) is 4.67. The molecule has 1 atom stereocenters. The van der Waals surface area contributed by atoms with Gasteiger partial charge < -0.3 is 10.6 Å². The highest BCUT2D eigenvalue weighted by molar-refractivity contribution is 7.89. The Bertz CT molecular complexity index is 628. The molecular weight excluding hydrogens is 338 g/mol. The molecule has 130 valence electrons. The Morgan fingerprint density at radius 3 is 2.30 bits per heavy atom. The summed E-state index contributed by atoms with van der Waals surface area (Å²) in [5.41, 5.74) is 0.807. The number of benzene rings is 1. The van der Waals surface area contributed by atoms with Crippen molar-refractivity contribution in [2.45, 2.75) is 17.7 Å². The molecule has 1 unspecified atom stereocenters. The standard InChI is InChI=1S/C15H23N3O3S.ClH/c1-11(15(19)17-10-12-8-16-9-12)13-4-6-14(7-5-13)22(20,21)18(2)3;/h4-7,11-12,16H,8-10H2,1-3H3,(H,17,19);1H. The van der Waals surface area contributed by atoms with Gasteiger partial charge in [-0.2, -0.15) is 0 Å². The summed E-state index contributed by atoms with van der Waals surface area (Å²) in [4.78, 5) is 12.4. The van der Waals surface area contributed by atoms with Gasteiger partial charge in [-0.1, -0.05) is 12.1 Å². The second-order valence-electron chi connectivity index (χ2n) is 5.85. The molecule has 1 saturated heterocycles. The van der Waals surface area contributed by atoms with Crippen LogP contribution in [0, 0.1) is 5.92 Å². The zero-order valence-electron chi connectivity index (χ0n) is 13.6. The summed E-state index contributed by atoms with van der Waals surface area (Å²) in [7, 11) is -0.442. The van der Waals surface area contributed by atoms with Crippen LogP contribution in [0.1, 0.15) is 18.4 Å². The predicted octanol–water partition coefficient (Wildman–Crippen LogP) is 0.798. The van der Waals surface area contributed by atoms with Crippen molar-refractivity contribution >= 4 is 28.3 Å². The van der Waals surface area contributed by atoms with Gasteiger partial charge in [0, 0.05) is 39.6 Å². The minimum atomic E-state index is -3.43.